The fourth-order valence-electron chi connectivity index (χ4n) is 3.61. The van der Waals surface area contributed by atoms with Crippen LogP contribution in [0, 0.1) is 0 Å². The Kier molecular flexibility index (Phi) is 4.33. The molecule has 2 nitrogen and oxygen atoms in total. The van der Waals surface area contributed by atoms with E-state index < -0.39 is 0 Å². The van der Waals surface area contributed by atoms with Crippen molar-refractivity contribution in [2.75, 3.05) is 13.1 Å². The third-order valence-corrected chi connectivity index (χ3v) is 4.33. The highest BCUT2D eigenvalue weighted by atomic mass is 79.9. The Morgan fingerprint density at radius 1 is 1.33 bits per heavy atom. The van der Waals surface area contributed by atoms with E-state index in [2.05, 4.69) is 17.9 Å². The second-order valence-corrected chi connectivity index (χ2v) is 5.44. The zero-order valence-corrected chi connectivity index (χ0v) is 12.6. The van der Waals surface area contributed by atoms with E-state index in [1.54, 1.807) is 0 Å². The lowest BCUT2D eigenvalue weighted by molar-refractivity contribution is 0.207. The Balaban J connectivity index is 0.00000120. The van der Waals surface area contributed by atoms with Gasteiger partial charge in [0.1, 0.15) is 5.75 Å². The molecule has 1 aromatic rings. The molecule has 3 heteroatoms. The summed E-state index contributed by atoms with van der Waals surface area (Å²) in [5.41, 5.74) is 2.89. The first kappa shape index (κ1) is 13.9. The van der Waals surface area contributed by atoms with Crippen molar-refractivity contribution in [3.8, 4) is 5.75 Å². The Morgan fingerprint density at radius 3 is 2.94 bits per heavy atom. The molecular formula is C15H22BrNO. The van der Waals surface area contributed by atoms with Crippen molar-refractivity contribution in [3.05, 3.63) is 29.3 Å². The zero-order chi connectivity index (χ0) is 11.8. The van der Waals surface area contributed by atoms with Crippen LogP contribution in [0.25, 0.3) is 0 Å². The van der Waals surface area contributed by atoms with Crippen LogP contribution >= 0.6 is 17.0 Å². The van der Waals surface area contributed by atoms with Crippen LogP contribution in [0.5, 0.6) is 5.75 Å². The van der Waals surface area contributed by atoms with Gasteiger partial charge in [0, 0.05) is 6.04 Å². The number of hydrogen-bond acceptors (Lipinski definition) is 2. The number of likely N-dealkylation sites (tertiary alicyclic amines) is 1. The van der Waals surface area contributed by atoms with Gasteiger partial charge in [0.15, 0.2) is 0 Å². The van der Waals surface area contributed by atoms with Crippen LogP contribution in [0.1, 0.15) is 55.7 Å². The summed E-state index contributed by atoms with van der Waals surface area (Å²) in [6, 6.07) is 6.59. The number of halogens is 1. The molecule has 18 heavy (non-hydrogen) atoms. The maximum absolute atomic E-state index is 9.64. The lowest BCUT2D eigenvalue weighted by atomic mass is 9.96. The molecular weight excluding hydrogens is 290 g/mol. The molecule has 100 valence electrons. The van der Waals surface area contributed by atoms with E-state index in [9.17, 15) is 5.11 Å². The molecule has 0 amide bonds. The van der Waals surface area contributed by atoms with Crippen LogP contribution in [0.2, 0.25) is 0 Å². The van der Waals surface area contributed by atoms with Crippen LogP contribution in [-0.2, 0) is 0 Å². The van der Waals surface area contributed by atoms with Gasteiger partial charge in [-0.05, 0) is 68.0 Å². The summed E-state index contributed by atoms with van der Waals surface area (Å²) in [7, 11) is 0. The summed E-state index contributed by atoms with van der Waals surface area (Å²) in [5.74, 6) is 1.11. The van der Waals surface area contributed by atoms with Gasteiger partial charge in [-0.3, -0.25) is 4.90 Å². The van der Waals surface area contributed by atoms with Gasteiger partial charge in [0.2, 0.25) is 0 Å². The maximum atomic E-state index is 9.64. The molecule has 1 fully saturated rings. The van der Waals surface area contributed by atoms with Crippen molar-refractivity contribution < 1.29 is 5.11 Å². The summed E-state index contributed by atoms with van der Waals surface area (Å²) in [5, 5.41) is 9.64. The Bertz CT molecular complexity index is 421. The number of aromatic hydroxyl groups is 1. The number of phenols is 1. The van der Waals surface area contributed by atoms with Crippen LogP contribution < -0.4 is 0 Å². The number of benzene rings is 1. The maximum Gasteiger partial charge on any atom is 0.115 e. The lowest BCUT2D eigenvalue weighted by Crippen LogP contribution is -2.28. The van der Waals surface area contributed by atoms with Crippen LogP contribution in [0.15, 0.2) is 18.2 Å². The number of phenolic OH excluding ortho intramolecular Hbond substituents is 1. The van der Waals surface area contributed by atoms with Gasteiger partial charge in [0.05, 0.1) is 0 Å². The van der Waals surface area contributed by atoms with Gasteiger partial charge in [-0.1, -0.05) is 13.0 Å². The van der Waals surface area contributed by atoms with Gasteiger partial charge < -0.3 is 5.11 Å². The monoisotopic (exact) mass is 311 g/mol. The van der Waals surface area contributed by atoms with Crippen molar-refractivity contribution >= 4 is 17.0 Å². The van der Waals surface area contributed by atoms with Crippen molar-refractivity contribution in [1.82, 2.24) is 4.90 Å². The van der Waals surface area contributed by atoms with E-state index in [0.29, 0.717) is 17.7 Å². The second-order valence-electron chi connectivity index (χ2n) is 5.44. The molecule has 0 radical (unpaired) electrons. The van der Waals surface area contributed by atoms with E-state index in [0.717, 1.165) is 0 Å². The molecule has 1 aromatic carbocycles. The molecule has 2 aliphatic rings. The SMILES string of the molecule is Br.CCCN1CCCC2CC1c1ccc(O)cc12. The first-order valence-corrected chi connectivity index (χ1v) is 6.86. The minimum Gasteiger partial charge on any atom is -0.508 e. The molecule has 2 bridgehead atoms. The highest BCUT2D eigenvalue weighted by Crippen LogP contribution is 2.48. The number of fused-ring (bicyclic) bond motifs is 5. The number of nitrogens with zero attached hydrogens (tertiary/aromatic N) is 1. The highest BCUT2D eigenvalue weighted by molar-refractivity contribution is 8.93. The molecule has 1 aliphatic heterocycles. The largest absolute Gasteiger partial charge is 0.508 e. The van der Waals surface area contributed by atoms with E-state index in [-0.39, 0.29) is 17.0 Å². The summed E-state index contributed by atoms with van der Waals surface area (Å²) >= 11 is 0. The fraction of sp³-hybridized carbons (Fsp3) is 0.600. The normalized spacial score (nSPS) is 26.3. The molecule has 1 aliphatic carbocycles. The van der Waals surface area contributed by atoms with Crippen molar-refractivity contribution in [1.29, 1.82) is 0 Å². The molecule has 1 heterocycles. The van der Waals surface area contributed by atoms with Crippen molar-refractivity contribution in [2.24, 2.45) is 0 Å². The fourth-order valence-corrected chi connectivity index (χ4v) is 3.61. The van der Waals surface area contributed by atoms with E-state index in [1.807, 2.05) is 12.1 Å². The van der Waals surface area contributed by atoms with E-state index in [4.69, 9.17) is 0 Å². The predicted octanol–water partition coefficient (Wildman–Crippen LogP) is 4.00. The molecule has 2 atom stereocenters. The third-order valence-electron chi connectivity index (χ3n) is 4.33. The first-order valence-electron chi connectivity index (χ1n) is 6.86. The topological polar surface area (TPSA) is 23.5 Å². The van der Waals surface area contributed by atoms with Crippen molar-refractivity contribution in [3.63, 3.8) is 0 Å². The van der Waals surface area contributed by atoms with E-state index in [1.165, 1.54) is 49.9 Å². The second kappa shape index (κ2) is 5.62. The average Bonchev–Trinajstić information content (AvgIpc) is 2.52. The molecule has 0 spiro atoms. The average molecular weight is 312 g/mol. The molecule has 1 saturated heterocycles. The van der Waals surface area contributed by atoms with Gasteiger partial charge >= 0.3 is 0 Å². The summed E-state index contributed by atoms with van der Waals surface area (Å²) in [6.45, 7) is 4.71. The van der Waals surface area contributed by atoms with Crippen LogP contribution in [-0.4, -0.2) is 23.1 Å². The molecule has 2 unspecified atom stereocenters. The molecule has 1 N–H and O–H groups in total. The van der Waals surface area contributed by atoms with Gasteiger partial charge in [0.25, 0.3) is 0 Å². The van der Waals surface area contributed by atoms with Gasteiger partial charge in [-0.2, -0.15) is 0 Å². The standard InChI is InChI=1S/C15H21NO.BrH/c1-2-7-16-8-3-4-11-9-15(16)13-6-5-12(17)10-14(11)13;/h5-6,10-11,15,17H,2-4,7-9H2,1H3;1H. The number of rotatable bonds is 2. The summed E-state index contributed by atoms with van der Waals surface area (Å²) in [6.07, 6.45) is 5.08. The Morgan fingerprint density at radius 2 is 2.17 bits per heavy atom. The van der Waals surface area contributed by atoms with Crippen molar-refractivity contribution in [2.45, 2.75) is 44.6 Å². The zero-order valence-electron chi connectivity index (χ0n) is 10.9. The smallest absolute Gasteiger partial charge is 0.115 e. The van der Waals surface area contributed by atoms with Crippen LogP contribution in [0.3, 0.4) is 0 Å². The quantitative estimate of drug-likeness (QED) is 0.892. The van der Waals surface area contributed by atoms with Crippen LogP contribution in [0.4, 0.5) is 0 Å². The van der Waals surface area contributed by atoms with Gasteiger partial charge in [-0.15, -0.1) is 17.0 Å². The number of hydrogen-bond donors (Lipinski definition) is 1. The molecule has 0 saturated carbocycles. The minimum atomic E-state index is 0. The lowest BCUT2D eigenvalue weighted by Gasteiger charge is -2.28. The molecule has 0 aromatic heterocycles. The predicted molar refractivity (Wildman–Crippen MR) is 79.6 cm³/mol. The third kappa shape index (κ3) is 2.30. The Labute approximate surface area is 120 Å². The highest BCUT2D eigenvalue weighted by Gasteiger charge is 2.36. The van der Waals surface area contributed by atoms with E-state index >= 15 is 0 Å². The minimum absolute atomic E-state index is 0. The first-order chi connectivity index (χ1) is 8.29. The van der Waals surface area contributed by atoms with Gasteiger partial charge in [-0.25, -0.2) is 0 Å². The molecule has 3 rings (SSSR count). The summed E-state index contributed by atoms with van der Waals surface area (Å²) in [4.78, 5) is 2.64. The summed E-state index contributed by atoms with van der Waals surface area (Å²) < 4.78 is 0. The Hall–Kier alpha value is -0.540.